The molecule has 0 aliphatic rings. The van der Waals surface area contributed by atoms with Crippen LogP contribution in [0.15, 0.2) is 54.6 Å². The number of hydrogen-bond donors (Lipinski definition) is 2. The van der Waals surface area contributed by atoms with E-state index in [1.54, 1.807) is 6.92 Å². The van der Waals surface area contributed by atoms with E-state index in [9.17, 15) is 18.3 Å². The molecule has 0 aliphatic heterocycles. The predicted molar refractivity (Wildman–Crippen MR) is 119 cm³/mol. The summed E-state index contributed by atoms with van der Waals surface area (Å²) in [6.07, 6.45) is 1.47. The first-order valence-electron chi connectivity index (χ1n) is 9.27. The minimum Gasteiger partial charge on any atom is -0.396 e. The van der Waals surface area contributed by atoms with Gasteiger partial charge >= 0.3 is 0 Å². The van der Waals surface area contributed by atoms with E-state index in [1.807, 2.05) is 64.2 Å². The Morgan fingerprint density at radius 1 is 1.13 bits per heavy atom. The average Bonchev–Trinajstić information content (AvgIpc) is 3.08. The van der Waals surface area contributed by atoms with Crippen molar-refractivity contribution < 1.29 is 18.3 Å². The lowest BCUT2D eigenvalue weighted by Crippen LogP contribution is -2.30. The molecular weight excluding hydrogens is 422 g/mol. The third-order valence-corrected chi connectivity index (χ3v) is 5.87. The summed E-state index contributed by atoms with van der Waals surface area (Å²) >= 11 is 1.32. The van der Waals surface area contributed by atoms with Crippen LogP contribution in [0.1, 0.15) is 26.5 Å². The summed E-state index contributed by atoms with van der Waals surface area (Å²) in [5.41, 5.74) is 3.00. The minimum atomic E-state index is -3.68. The number of aromatic nitrogens is 1. The van der Waals surface area contributed by atoms with Crippen molar-refractivity contribution in [2.45, 2.75) is 19.9 Å². The zero-order valence-electron chi connectivity index (χ0n) is 16.7. The number of benzene rings is 2. The van der Waals surface area contributed by atoms with Crippen molar-refractivity contribution in [1.29, 1.82) is 0 Å². The summed E-state index contributed by atoms with van der Waals surface area (Å²) in [6.45, 7) is 2.30. The second-order valence-corrected chi connectivity index (χ2v) is 9.75. The standard InChI is InChI=1S/C21H23N3O4S2/c1-15-19(20(26)23-30(2,27)28)22-21(29-15)24(14-17-7-4-3-5-8-17)18-10-6-9-16(13-18)11-12-25/h3-10,13,25H,11-12,14H2,1-2H3,(H,23,26). The molecule has 0 fully saturated rings. The van der Waals surface area contributed by atoms with Crippen molar-refractivity contribution in [3.8, 4) is 0 Å². The van der Waals surface area contributed by atoms with Gasteiger partial charge in [-0.05, 0) is 36.6 Å². The Balaban J connectivity index is 2.01. The highest BCUT2D eigenvalue weighted by Crippen LogP contribution is 2.33. The number of anilines is 2. The maximum atomic E-state index is 12.4. The highest BCUT2D eigenvalue weighted by molar-refractivity contribution is 7.89. The zero-order valence-corrected chi connectivity index (χ0v) is 18.3. The minimum absolute atomic E-state index is 0.0499. The number of carbonyl (C=O) groups excluding carboxylic acids is 1. The number of nitrogens with one attached hydrogen (secondary N) is 1. The molecule has 2 aromatic carbocycles. The number of aliphatic hydroxyl groups is 1. The lowest BCUT2D eigenvalue weighted by molar-refractivity contribution is 0.0977. The molecule has 0 aliphatic carbocycles. The van der Waals surface area contributed by atoms with E-state index in [2.05, 4.69) is 4.98 Å². The van der Waals surface area contributed by atoms with Gasteiger partial charge in [-0.1, -0.05) is 42.5 Å². The van der Waals surface area contributed by atoms with E-state index in [-0.39, 0.29) is 12.3 Å². The number of carbonyl (C=O) groups is 1. The first-order chi connectivity index (χ1) is 14.3. The van der Waals surface area contributed by atoms with E-state index in [0.717, 1.165) is 23.1 Å². The number of aryl methyl sites for hydroxylation is 1. The van der Waals surface area contributed by atoms with Gasteiger partial charge in [-0.25, -0.2) is 18.1 Å². The van der Waals surface area contributed by atoms with Crippen LogP contribution in [0.2, 0.25) is 0 Å². The van der Waals surface area contributed by atoms with E-state index in [4.69, 9.17) is 0 Å². The summed E-state index contributed by atoms with van der Waals surface area (Å²) in [6, 6.07) is 17.6. The molecule has 7 nitrogen and oxygen atoms in total. The molecule has 0 radical (unpaired) electrons. The average molecular weight is 446 g/mol. The van der Waals surface area contributed by atoms with Crippen molar-refractivity contribution in [3.63, 3.8) is 0 Å². The Kier molecular flexibility index (Phi) is 6.86. The summed E-state index contributed by atoms with van der Waals surface area (Å²) in [5.74, 6) is -0.744. The summed E-state index contributed by atoms with van der Waals surface area (Å²) in [5, 5.41) is 9.86. The van der Waals surface area contributed by atoms with Gasteiger partial charge in [-0.3, -0.25) is 4.79 Å². The molecule has 9 heteroatoms. The fourth-order valence-corrected chi connectivity index (χ4v) is 4.33. The van der Waals surface area contributed by atoms with Gasteiger partial charge in [0, 0.05) is 17.2 Å². The molecule has 30 heavy (non-hydrogen) atoms. The number of thiazole rings is 1. The quantitative estimate of drug-likeness (QED) is 0.553. The summed E-state index contributed by atoms with van der Waals surface area (Å²) in [7, 11) is -3.68. The van der Waals surface area contributed by atoms with Crippen molar-refractivity contribution in [2.75, 3.05) is 17.8 Å². The first-order valence-corrected chi connectivity index (χ1v) is 12.0. The van der Waals surface area contributed by atoms with Crippen LogP contribution >= 0.6 is 11.3 Å². The summed E-state index contributed by atoms with van der Waals surface area (Å²) < 4.78 is 24.9. The number of rotatable bonds is 8. The van der Waals surface area contributed by atoms with Gasteiger partial charge in [-0.15, -0.1) is 11.3 Å². The largest absolute Gasteiger partial charge is 0.396 e. The van der Waals surface area contributed by atoms with Crippen LogP contribution in [-0.4, -0.2) is 37.3 Å². The lowest BCUT2D eigenvalue weighted by Gasteiger charge is -2.23. The fraction of sp³-hybridized carbons (Fsp3) is 0.238. The topological polar surface area (TPSA) is 99.6 Å². The van der Waals surface area contributed by atoms with Gasteiger partial charge < -0.3 is 10.0 Å². The molecule has 0 atom stereocenters. The molecule has 0 unspecified atom stereocenters. The molecule has 0 spiro atoms. The van der Waals surface area contributed by atoms with Gasteiger partial charge in [0.05, 0.1) is 12.8 Å². The molecule has 0 saturated carbocycles. The molecule has 1 heterocycles. The number of amides is 1. The Bertz CT molecular complexity index is 1130. The van der Waals surface area contributed by atoms with E-state index in [1.165, 1.54) is 11.3 Å². The van der Waals surface area contributed by atoms with Crippen LogP contribution < -0.4 is 9.62 Å². The van der Waals surface area contributed by atoms with Crippen LogP contribution in [0.5, 0.6) is 0 Å². The van der Waals surface area contributed by atoms with Gasteiger partial charge in [0.25, 0.3) is 5.91 Å². The van der Waals surface area contributed by atoms with E-state index in [0.29, 0.717) is 23.0 Å². The normalized spacial score (nSPS) is 11.3. The summed E-state index contributed by atoms with van der Waals surface area (Å²) in [4.78, 5) is 19.4. The molecule has 3 rings (SSSR count). The van der Waals surface area contributed by atoms with Crippen LogP contribution in [0.3, 0.4) is 0 Å². The molecule has 158 valence electrons. The third kappa shape index (κ3) is 5.65. The van der Waals surface area contributed by atoms with E-state index >= 15 is 0 Å². The number of hydrogen-bond acceptors (Lipinski definition) is 7. The highest BCUT2D eigenvalue weighted by Gasteiger charge is 2.22. The van der Waals surface area contributed by atoms with Crippen LogP contribution in [0.4, 0.5) is 10.8 Å². The zero-order chi connectivity index (χ0) is 21.7. The van der Waals surface area contributed by atoms with Crippen LogP contribution in [0, 0.1) is 6.92 Å². The second kappa shape index (κ2) is 9.38. The smallest absolute Gasteiger partial charge is 0.284 e. The molecule has 1 amide bonds. The number of nitrogens with zero attached hydrogens (tertiary/aromatic N) is 2. The molecule has 1 aromatic heterocycles. The van der Waals surface area contributed by atoms with E-state index < -0.39 is 15.9 Å². The van der Waals surface area contributed by atoms with Crippen LogP contribution in [-0.2, 0) is 23.0 Å². The molecule has 0 bridgehead atoms. The Morgan fingerprint density at radius 3 is 2.50 bits per heavy atom. The molecular formula is C21H23N3O4S2. The SMILES string of the molecule is Cc1sc(N(Cc2ccccc2)c2cccc(CCO)c2)nc1C(=O)NS(C)(=O)=O. The Labute approximate surface area is 180 Å². The second-order valence-electron chi connectivity index (χ2n) is 6.82. The first kappa shape index (κ1) is 21.9. The van der Waals surface area contributed by atoms with Crippen molar-refractivity contribution in [2.24, 2.45) is 0 Å². The Hall–Kier alpha value is -2.75. The van der Waals surface area contributed by atoms with Crippen molar-refractivity contribution >= 4 is 38.1 Å². The number of sulfonamides is 1. The maximum Gasteiger partial charge on any atom is 0.284 e. The number of aliphatic hydroxyl groups excluding tert-OH is 1. The molecule has 3 aromatic rings. The molecule has 0 saturated heterocycles. The lowest BCUT2D eigenvalue weighted by atomic mass is 10.1. The van der Waals surface area contributed by atoms with Gasteiger partial charge in [0.15, 0.2) is 5.13 Å². The fourth-order valence-electron chi connectivity index (χ4n) is 2.97. The highest BCUT2D eigenvalue weighted by atomic mass is 32.2. The third-order valence-electron chi connectivity index (χ3n) is 4.32. The van der Waals surface area contributed by atoms with Crippen LogP contribution in [0.25, 0.3) is 0 Å². The van der Waals surface area contributed by atoms with Crippen molar-refractivity contribution in [3.05, 3.63) is 76.3 Å². The Morgan fingerprint density at radius 2 is 1.83 bits per heavy atom. The predicted octanol–water partition coefficient (Wildman–Crippen LogP) is 3.01. The van der Waals surface area contributed by atoms with Gasteiger partial charge in [-0.2, -0.15) is 0 Å². The monoisotopic (exact) mass is 445 g/mol. The van der Waals surface area contributed by atoms with Gasteiger partial charge in [0.2, 0.25) is 10.0 Å². The van der Waals surface area contributed by atoms with Gasteiger partial charge in [0.1, 0.15) is 5.69 Å². The molecule has 2 N–H and O–H groups in total. The maximum absolute atomic E-state index is 12.4. The van der Waals surface area contributed by atoms with Crippen molar-refractivity contribution in [1.82, 2.24) is 9.71 Å².